The Morgan fingerprint density at radius 1 is 1.11 bits per heavy atom. The average Bonchev–Trinajstić information content (AvgIpc) is 3.16. The number of ether oxygens (including phenoxy) is 2. The van der Waals surface area contributed by atoms with Crippen molar-refractivity contribution in [2.75, 3.05) is 6.61 Å². The SMILES string of the molecule is CCOc1cc2c(cc1C(F)(F)F)CC(Cc1nn(CC(=O)OC(C)(C)C)c(=O)c3ccccc13)=N2. The second-order valence-corrected chi connectivity index (χ2v) is 9.48. The Hall–Kier alpha value is -3.69. The van der Waals surface area contributed by atoms with Crippen molar-refractivity contribution in [2.24, 2.45) is 4.99 Å². The molecule has 3 aromatic rings. The third-order valence-corrected chi connectivity index (χ3v) is 5.47. The van der Waals surface area contributed by atoms with Crippen molar-refractivity contribution in [2.45, 2.75) is 58.9 Å². The summed E-state index contributed by atoms with van der Waals surface area (Å²) in [5, 5.41) is 5.38. The number of aromatic nitrogens is 2. The lowest BCUT2D eigenvalue weighted by Crippen LogP contribution is -2.32. The van der Waals surface area contributed by atoms with Gasteiger partial charge in [0.15, 0.2) is 0 Å². The third-order valence-electron chi connectivity index (χ3n) is 5.47. The van der Waals surface area contributed by atoms with E-state index in [0.717, 1.165) is 10.7 Å². The quantitative estimate of drug-likeness (QED) is 0.443. The van der Waals surface area contributed by atoms with E-state index >= 15 is 0 Å². The molecule has 0 radical (unpaired) electrons. The maximum atomic E-state index is 13.6. The Kier molecular flexibility index (Phi) is 6.64. The number of fused-ring (bicyclic) bond motifs is 2. The van der Waals surface area contributed by atoms with E-state index < -0.39 is 28.9 Å². The molecule has 36 heavy (non-hydrogen) atoms. The van der Waals surface area contributed by atoms with Crippen LogP contribution in [0.5, 0.6) is 5.75 Å². The zero-order chi connectivity index (χ0) is 26.3. The molecular weight excluding hydrogens is 475 g/mol. The zero-order valence-corrected chi connectivity index (χ0v) is 20.4. The first-order valence-electron chi connectivity index (χ1n) is 11.5. The van der Waals surface area contributed by atoms with E-state index in [1.807, 2.05) is 0 Å². The molecule has 0 saturated heterocycles. The van der Waals surface area contributed by atoms with Crippen LogP contribution in [0.2, 0.25) is 0 Å². The van der Waals surface area contributed by atoms with Gasteiger partial charge in [0.1, 0.15) is 17.9 Å². The van der Waals surface area contributed by atoms with Crippen LogP contribution in [-0.2, 0) is 35.1 Å². The van der Waals surface area contributed by atoms with Crippen LogP contribution in [0, 0.1) is 0 Å². The van der Waals surface area contributed by atoms with E-state index in [1.165, 1.54) is 6.07 Å². The summed E-state index contributed by atoms with van der Waals surface area (Å²) < 4.78 is 52.3. The van der Waals surface area contributed by atoms with Crippen LogP contribution in [0.3, 0.4) is 0 Å². The van der Waals surface area contributed by atoms with E-state index in [2.05, 4.69) is 10.1 Å². The number of benzene rings is 2. The van der Waals surface area contributed by atoms with Crippen LogP contribution in [0.15, 0.2) is 46.2 Å². The third kappa shape index (κ3) is 5.42. The van der Waals surface area contributed by atoms with Gasteiger partial charge in [0.25, 0.3) is 5.56 Å². The van der Waals surface area contributed by atoms with Gasteiger partial charge in [-0.15, -0.1) is 0 Å². The molecule has 190 valence electrons. The van der Waals surface area contributed by atoms with Crippen LogP contribution < -0.4 is 10.3 Å². The smallest absolute Gasteiger partial charge is 0.419 e. The number of hydrogen-bond donors (Lipinski definition) is 0. The number of hydrogen-bond acceptors (Lipinski definition) is 6. The standard InChI is InChI=1S/C26H26F3N3O4/c1-5-35-22-13-20-15(11-19(22)26(27,28)29)10-16(30-20)12-21-17-8-6-7-9-18(17)24(34)32(31-21)14-23(33)36-25(2,3)4/h6-9,11,13H,5,10,12,14H2,1-4H3. The molecule has 4 rings (SSSR count). The molecular formula is C26H26F3N3O4. The number of carbonyl (C=O) groups is 1. The molecule has 0 aliphatic carbocycles. The molecule has 1 aliphatic rings. The van der Waals surface area contributed by atoms with Gasteiger partial charge in [-0.05, 0) is 45.4 Å². The Bertz CT molecular complexity index is 1420. The van der Waals surface area contributed by atoms with E-state index in [1.54, 1.807) is 52.0 Å². The molecule has 1 aromatic heterocycles. The molecule has 0 fully saturated rings. The fourth-order valence-corrected chi connectivity index (χ4v) is 4.12. The fraction of sp³-hybridized carbons (Fsp3) is 0.385. The Morgan fingerprint density at radius 2 is 1.81 bits per heavy atom. The molecule has 0 spiro atoms. The molecule has 2 heterocycles. The maximum absolute atomic E-state index is 13.6. The van der Waals surface area contributed by atoms with Crippen molar-refractivity contribution in [1.29, 1.82) is 0 Å². The predicted octanol–water partition coefficient (Wildman–Crippen LogP) is 5.03. The monoisotopic (exact) mass is 501 g/mol. The molecule has 0 saturated carbocycles. The topological polar surface area (TPSA) is 82.8 Å². The summed E-state index contributed by atoms with van der Waals surface area (Å²) in [6.07, 6.45) is -4.17. The van der Waals surface area contributed by atoms with Gasteiger partial charge in [-0.2, -0.15) is 18.3 Å². The minimum absolute atomic E-state index is 0.0908. The first-order valence-corrected chi connectivity index (χ1v) is 11.5. The van der Waals surface area contributed by atoms with Crippen LogP contribution in [0.1, 0.15) is 44.5 Å². The van der Waals surface area contributed by atoms with E-state index in [4.69, 9.17) is 9.47 Å². The highest BCUT2D eigenvalue weighted by molar-refractivity contribution is 5.98. The summed E-state index contributed by atoms with van der Waals surface area (Å²) in [5.74, 6) is -0.865. The van der Waals surface area contributed by atoms with Crippen LogP contribution in [0.25, 0.3) is 10.8 Å². The van der Waals surface area contributed by atoms with Gasteiger partial charge in [-0.3, -0.25) is 14.6 Å². The summed E-state index contributed by atoms with van der Waals surface area (Å²) in [4.78, 5) is 29.9. The molecule has 7 nitrogen and oxygen atoms in total. The molecule has 10 heteroatoms. The molecule has 0 N–H and O–H groups in total. The highest BCUT2D eigenvalue weighted by atomic mass is 19.4. The number of esters is 1. The van der Waals surface area contributed by atoms with Gasteiger partial charge in [0, 0.05) is 30.0 Å². The lowest BCUT2D eigenvalue weighted by Gasteiger charge is -2.19. The van der Waals surface area contributed by atoms with E-state index in [-0.39, 0.29) is 31.7 Å². The number of aliphatic imine (C=N–C) groups is 1. The lowest BCUT2D eigenvalue weighted by atomic mass is 10.0. The minimum Gasteiger partial charge on any atom is -0.493 e. The van der Waals surface area contributed by atoms with E-state index in [9.17, 15) is 22.8 Å². The number of carbonyl (C=O) groups excluding carboxylic acids is 1. The second-order valence-electron chi connectivity index (χ2n) is 9.48. The van der Waals surface area contributed by atoms with Crippen molar-refractivity contribution >= 4 is 28.1 Å². The molecule has 2 aromatic carbocycles. The largest absolute Gasteiger partial charge is 0.493 e. The maximum Gasteiger partial charge on any atom is 0.419 e. The summed E-state index contributed by atoms with van der Waals surface area (Å²) >= 11 is 0. The molecule has 0 unspecified atom stereocenters. The van der Waals surface area contributed by atoms with E-state index in [0.29, 0.717) is 33.4 Å². The molecule has 0 bridgehead atoms. The number of alkyl halides is 3. The number of nitrogens with zero attached hydrogens (tertiary/aromatic N) is 3. The van der Waals surface area contributed by atoms with Gasteiger partial charge in [0.2, 0.25) is 0 Å². The summed E-state index contributed by atoms with van der Waals surface area (Å²) in [5.41, 5.74) is -0.0734. The average molecular weight is 502 g/mol. The molecule has 1 aliphatic heterocycles. The van der Waals surface area contributed by atoms with Crippen molar-refractivity contribution in [1.82, 2.24) is 9.78 Å². The first kappa shape index (κ1) is 25.4. The van der Waals surface area contributed by atoms with Crippen LogP contribution >= 0.6 is 0 Å². The van der Waals surface area contributed by atoms with Gasteiger partial charge in [-0.25, -0.2) is 4.68 Å². The zero-order valence-electron chi connectivity index (χ0n) is 20.4. The highest BCUT2D eigenvalue weighted by Gasteiger charge is 2.36. The Labute approximate surface area is 205 Å². The number of halogens is 3. The second kappa shape index (κ2) is 9.40. The van der Waals surface area contributed by atoms with Gasteiger partial charge >= 0.3 is 12.1 Å². The first-order chi connectivity index (χ1) is 16.9. The minimum atomic E-state index is -4.56. The number of rotatable bonds is 6. The fourth-order valence-electron chi connectivity index (χ4n) is 4.12. The van der Waals surface area contributed by atoms with Crippen LogP contribution in [-0.4, -0.2) is 33.7 Å². The Morgan fingerprint density at radius 3 is 2.44 bits per heavy atom. The van der Waals surface area contributed by atoms with Gasteiger partial charge in [0.05, 0.1) is 28.9 Å². The predicted molar refractivity (Wildman–Crippen MR) is 129 cm³/mol. The summed E-state index contributed by atoms with van der Waals surface area (Å²) in [6, 6.07) is 9.25. The normalized spacial score (nSPS) is 13.5. The van der Waals surface area contributed by atoms with Crippen molar-refractivity contribution in [3.05, 3.63) is 63.6 Å². The van der Waals surface area contributed by atoms with Crippen LogP contribution in [0.4, 0.5) is 18.9 Å². The van der Waals surface area contributed by atoms with Gasteiger partial charge < -0.3 is 9.47 Å². The molecule has 0 amide bonds. The lowest BCUT2D eigenvalue weighted by molar-refractivity contribution is -0.155. The van der Waals surface area contributed by atoms with Gasteiger partial charge in [-0.1, -0.05) is 18.2 Å². The summed E-state index contributed by atoms with van der Waals surface area (Å²) in [7, 11) is 0. The van der Waals surface area contributed by atoms with Crippen molar-refractivity contribution in [3.63, 3.8) is 0 Å². The van der Waals surface area contributed by atoms with Crippen molar-refractivity contribution in [3.8, 4) is 5.75 Å². The molecule has 0 atom stereocenters. The van der Waals surface area contributed by atoms with Crippen molar-refractivity contribution < 1.29 is 27.4 Å². The summed E-state index contributed by atoms with van der Waals surface area (Å²) in [6.45, 7) is 6.52. The highest BCUT2D eigenvalue weighted by Crippen LogP contribution is 2.42. The Balaban J connectivity index is 1.69.